The van der Waals surface area contributed by atoms with Gasteiger partial charge < -0.3 is 5.73 Å². The van der Waals surface area contributed by atoms with Crippen LogP contribution in [0.2, 0.25) is 0 Å². The second-order valence-corrected chi connectivity index (χ2v) is 4.33. The maximum Gasteiger partial charge on any atom is 0.0280 e. The molecule has 0 saturated carbocycles. The minimum absolute atomic E-state index is 0.626. The summed E-state index contributed by atoms with van der Waals surface area (Å²) in [6.07, 6.45) is 0. The summed E-state index contributed by atoms with van der Waals surface area (Å²) >= 11 is 1.73. The summed E-state index contributed by atoms with van der Waals surface area (Å²) in [6.45, 7) is 2.74. The summed E-state index contributed by atoms with van der Waals surface area (Å²) in [5.41, 5.74) is 9.52. The molecule has 14 heavy (non-hydrogen) atoms. The first kappa shape index (κ1) is 9.44. The van der Waals surface area contributed by atoms with Crippen LogP contribution < -0.4 is 5.73 Å². The van der Waals surface area contributed by atoms with Crippen molar-refractivity contribution < 1.29 is 0 Å². The molecular weight excluding hydrogens is 190 g/mol. The largest absolute Gasteiger partial charge is 0.326 e. The molecule has 0 atom stereocenters. The lowest BCUT2D eigenvalue weighted by molar-refractivity contribution is 1.11. The molecular formula is C12H13NS. The van der Waals surface area contributed by atoms with E-state index in [1.165, 1.54) is 21.6 Å². The Morgan fingerprint density at radius 3 is 2.86 bits per heavy atom. The zero-order valence-electron chi connectivity index (χ0n) is 8.16. The molecule has 1 nitrogen and oxygen atoms in total. The summed E-state index contributed by atoms with van der Waals surface area (Å²) in [7, 11) is 0. The van der Waals surface area contributed by atoms with E-state index < -0.39 is 0 Å². The Hall–Kier alpha value is -1.12. The van der Waals surface area contributed by atoms with E-state index in [0.717, 1.165) is 0 Å². The van der Waals surface area contributed by atoms with Crippen molar-refractivity contribution in [1.82, 2.24) is 0 Å². The summed E-state index contributed by atoms with van der Waals surface area (Å²) in [6, 6.07) is 10.7. The lowest BCUT2D eigenvalue weighted by atomic mass is 10.0. The summed E-state index contributed by atoms with van der Waals surface area (Å²) in [5.74, 6) is 0. The molecule has 0 bridgehead atoms. The van der Waals surface area contributed by atoms with Gasteiger partial charge in [0.05, 0.1) is 0 Å². The van der Waals surface area contributed by atoms with Crippen LogP contribution in [-0.4, -0.2) is 0 Å². The van der Waals surface area contributed by atoms with Gasteiger partial charge in [-0.15, -0.1) is 11.3 Å². The third kappa shape index (κ3) is 1.72. The van der Waals surface area contributed by atoms with Crippen molar-refractivity contribution in [3.63, 3.8) is 0 Å². The minimum atomic E-state index is 0.626. The van der Waals surface area contributed by atoms with Gasteiger partial charge in [0.15, 0.2) is 0 Å². The quantitative estimate of drug-likeness (QED) is 0.797. The SMILES string of the molecule is Cc1cccc(-c2ccsc2CN)c1. The van der Waals surface area contributed by atoms with Crippen LogP contribution in [0, 0.1) is 6.92 Å². The van der Waals surface area contributed by atoms with Gasteiger partial charge in [0, 0.05) is 11.4 Å². The van der Waals surface area contributed by atoms with Crippen LogP contribution in [0.1, 0.15) is 10.4 Å². The van der Waals surface area contributed by atoms with Crippen LogP contribution in [-0.2, 0) is 6.54 Å². The van der Waals surface area contributed by atoms with Crippen molar-refractivity contribution in [2.75, 3.05) is 0 Å². The molecule has 0 aliphatic rings. The number of hydrogen-bond acceptors (Lipinski definition) is 2. The molecule has 0 aliphatic heterocycles. The van der Waals surface area contributed by atoms with Gasteiger partial charge in [-0.2, -0.15) is 0 Å². The molecule has 2 N–H and O–H groups in total. The number of thiophene rings is 1. The topological polar surface area (TPSA) is 26.0 Å². The number of aryl methyl sites for hydroxylation is 1. The molecule has 1 aromatic heterocycles. The van der Waals surface area contributed by atoms with E-state index in [-0.39, 0.29) is 0 Å². The van der Waals surface area contributed by atoms with Crippen LogP contribution in [0.5, 0.6) is 0 Å². The highest BCUT2D eigenvalue weighted by Crippen LogP contribution is 2.28. The summed E-state index contributed by atoms with van der Waals surface area (Å²) in [4.78, 5) is 1.26. The Morgan fingerprint density at radius 2 is 2.14 bits per heavy atom. The molecule has 0 spiro atoms. The normalized spacial score (nSPS) is 10.4. The summed E-state index contributed by atoms with van der Waals surface area (Å²) < 4.78 is 0. The van der Waals surface area contributed by atoms with Gasteiger partial charge in [0.25, 0.3) is 0 Å². The molecule has 1 aromatic carbocycles. The molecule has 0 amide bonds. The monoisotopic (exact) mass is 203 g/mol. The molecule has 0 fully saturated rings. The van der Waals surface area contributed by atoms with Gasteiger partial charge in [-0.25, -0.2) is 0 Å². The highest BCUT2D eigenvalue weighted by atomic mass is 32.1. The maximum absolute atomic E-state index is 5.68. The van der Waals surface area contributed by atoms with E-state index in [2.05, 4.69) is 42.6 Å². The Labute approximate surface area is 88.2 Å². The second kappa shape index (κ2) is 3.95. The Bertz CT molecular complexity index is 431. The molecule has 2 rings (SSSR count). The molecule has 0 unspecified atom stereocenters. The molecule has 0 saturated heterocycles. The zero-order chi connectivity index (χ0) is 9.97. The lowest BCUT2D eigenvalue weighted by Gasteiger charge is -2.02. The van der Waals surface area contributed by atoms with Gasteiger partial charge in [-0.1, -0.05) is 29.8 Å². The predicted octanol–water partition coefficient (Wildman–Crippen LogP) is 3.18. The van der Waals surface area contributed by atoms with Gasteiger partial charge in [0.2, 0.25) is 0 Å². The number of hydrogen-bond donors (Lipinski definition) is 1. The lowest BCUT2D eigenvalue weighted by Crippen LogP contribution is -1.94. The maximum atomic E-state index is 5.68. The highest BCUT2D eigenvalue weighted by molar-refractivity contribution is 7.10. The number of benzene rings is 1. The summed E-state index contributed by atoms with van der Waals surface area (Å²) in [5, 5.41) is 2.10. The van der Waals surface area contributed by atoms with E-state index in [9.17, 15) is 0 Å². The van der Waals surface area contributed by atoms with Crippen molar-refractivity contribution in [3.8, 4) is 11.1 Å². The van der Waals surface area contributed by atoms with Crippen LogP contribution >= 0.6 is 11.3 Å². The van der Waals surface area contributed by atoms with Crippen molar-refractivity contribution >= 4 is 11.3 Å². The molecule has 2 aromatic rings. The van der Waals surface area contributed by atoms with E-state index in [0.29, 0.717) is 6.54 Å². The predicted molar refractivity (Wildman–Crippen MR) is 62.4 cm³/mol. The van der Waals surface area contributed by atoms with Crippen LogP contribution in [0.15, 0.2) is 35.7 Å². The molecule has 72 valence electrons. The third-order valence-electron chi connectivity index (χ3n) is 2.26. The standard InChI is InChI=1S/C12H13NS/c1-9-3-2-4-10(7-9)11-5-6-14-12(11)8-13/h2-7H,8,13H2,1H3. The number of rotatable bonds is 2. The number of nitrogens with two attached hydrogens (primary N) is 1. The smallest absolute Gasteiger partial charge is 0.0280 e. The van der Waals surface area contributed by atoms with Crippen LogP contribution in [0.25, 0.3) is 11.1 Å². The van der Waals surface area contributed by atoms with E-state index >= 15 is 0 Å². The minimum Gasteiger partial charge on any atom is -0.326 e. The first-order chi connectivity index (χ1) is 6.81. The average molecular weight is 203 g/mol. The Balaban J connectivity index is 2.49. The van der Waals surface area contributed by atoms with E-state index in [4.69, 9.17) is 5.73 Å². The van der Waals surface area contributed by atoms with E-state index in [1.807, 2.05) is 0 Å². The first-order valence-electron chi connectivity index (χ1n) is 4.65. The molecule has 1 heterocycles. The fourth-order valence-electron chi connectivity index (χ4n) is 1.57. The van der Waals surface area contributed by atoms with Crippen molar-refractivity contribution in [2.24, 2.45) is 5.73 Å². The van der Waals surface area contributed by atoms with Gasteiger partial charge >= 0.3 is 0 Å². The van der Waals surface area contributed by atoms with Crippen LogP contribution in [0.4, 0.5) is 0 Å². The first-order valence-corrected chi connectivity index (χ1v) is 5.52. The third-order valence-corrected chi connectivity index (χ3v) is 3.20. The average Bonchev–Trinajstić information content (AvgIpc) is 2.65. The Morgan fingerprint density at radius 1 is 1.29 bits per heavy atom. The van der Waals surface area contributed by atoms with E-state index in [1.54, 1.807) is 11.3 Å². The molecule has 0 radical (unpaired) electrons. The second-order valence-electron chi connectivity index (χ2n) is 3.33. The van der Waals surface area contributed by atoms with Gasteiger partial charge in [0.1, 0.15) is 0 Å². The van der Waals surface area contributed by atoms with Crippen LogP contribution in [0.3, 0.4) is 0 Å². The van der Waals surface area contributed by atoms with Gasteiger partial charge in [-0.3, -0.25) is 0 Å². The van der Waals surface area contributed by atoms with Gasteiger partial charge in [-0.05, 0) is 29.5 Å². The Kier molecular flexibility index (Phi) is 2.66. The van der Waals surface area contributed by atoms with Crippen molar-refractivity contribution in [1.29, 1.82) is 0 Å². The van der Waals surface area contributed by atoms with Crippen molar-refractivity contribution in [3.05, 3.63) is 46.2 Å². The zero-order valence-corrected chi connectivity index (χ0v) is 8.97. The van der Waals surface area contributed by atoms with Crippen molar-refractivity contribution in [2.45, 2.75) is 13.5 Å². The fraction of sp³-hybridized carbons (Fsp3) is 0.167. The molecule has 2 heteroatoms. The molecule has 0 aliphatic carbocycles. The highest BCUT2D eigenvalue weighted by Gasteiger charge is 2.04. The fourth-order valence-corrected chi connectivity index (χ4v) is 2.35.